The molecule has 1 aliphatic rings. The molecule has 1 aliphatic heterocycles. The lowest BCUT2D eigenvalue weighted by molar-refractivity contribution is 0.0941. The van der Waals surface area contributed by atoms with Gasteiger partial charge in [-0.05, 0) is 39.7 Å². The largest absolute Gasteiger partial charge is 0.350 e. The van der Waals surface area contributed by atoms with Crippen LogP contribution in [0.3, 0.4) is 0 Å². The van der Waals surface area contributed by atoms with E-state index in [2.05, 4.69) is 10.4 Å². The van der Waals surface area contributed by atoms with Crippen molar-refractivity contribution in [3.63, 3.8) is 0 Å². The lowest BCUT2D eigenvalue weighted by Crippen LogP contribution is -2.32. The van der Waals surface area contributed by atoms with Crippen molar-refractivity contribution in [3.8, 4) is 11.3 Å². The van der Waals surface area contributed by atoms with Crippen molar-refractivity contribution >= 4 is 26.8 Å². The Morgan fingerprint density at radius 3 is 2.58 bits per heavy atom. The molecule has 1 aromatic carbocycles. The third kappa shape index (κ3) is 4.21. The molecule has 0 bridgehead atoms. The van der Waals surface area contributed by atoms with Crippen LogP contribution in [0.1, 0.15) is 54.3 Å². The van der Waals surface area contributed by atoms with E-state index >= 15 is 0 Å². The molecule has 3 aromatic rings. The molecule has 7 nitrogen and oxygen atoms in total. The summed E-state index contributed by atoms with van der Waals surface area (Å²) in [6.45, 7) is 7.85. The third-order valence-corrected chi connectivity index (χ3v) is 7.72. The lowest BCUT2D eigenvalue weighted by Gasteiger charge is -2.14. The Balaban J connectivity index is 1.92. The number of hydrogen-bond donors (Lipinski definition) is 1. The highest BCUT2D eigenvalue weighted by molar-refractivity contribution is 7.91. The van der Waals surface area contributed by atoms with Crippen LogP contribution < -0.4 is 5.32 Å². The van der Waals surface area contributed by atoms with Crippen LogP contribution in [0.25, 0.3) is 22.3 Å². The molecule has 0 aliphatic carbocycles. The summed E-state index contributed by atoms with van der Waals surface area (Å²) < 4.78 is 25.9. The molecule has 1 N–H and O–H groups in total. The maximum absolute atomic E-state index is 13.2. The average molecular weight is 441 g/mol. The zero-order chi connectivity index (χ0) is 22.3. The predicted molar refractivity (Wildman–Crippen MR) is 122 cm³/mol. The number of amides is 1. The van der Waals surface area contributed by atoms with Gasteiger partial charge in [0.1, 0.15) is 0 Å². The number of nitrogens with one attached hydrogen (secondary N) is 1. The van der Waals surface area contributed by atoms with Crippen molar-refractivity contribution in [2.45, 2.75) is 52.6 Å². The molecule has 0 spiro atoms. The Bertz CT molecular complexity index is 1250. The molecule has 8 heteroatoms. The predicted octanol–water partition coefficient (Wildman–Crippen LogP) is 3.60. The number of benzene rings is 1. The molecule has 1 amide bonds. The van der Waals surface area contributed by atoms with E-state index in [1.165, 1.54) is 0 Å². The molecular formula is C23H28N4O3S. The van der Waals surface area contributed by atoms with E-state index < -0.39 is 9.84 Å². The second-order valence-corrected chi connectivity index (χ2v) is 10.7. The molecular weight excluding hydrogens is 412 g/mol. The topological polar surface area (TPSA) is 93.9 Å². The van der Waals surface area contributed by atoms with Gasteiger partial charge in [0.2, 0.25) is 0 Å². The molecule has 0 saturated carbocycles. The van der Waals surface area contributed by atoms with Gasteiger partial charge >= 0.3 is 0 Å². The van der Waals surface area contributed by atoms with E-state index in [1.807, 2.05) is 58.0 Å². The second-order valence-electron chi connectivity index (χ2n) is 8.49. The van der Waals surface area contributed by atoms with Crippen molar-refractivity contribution in [2.75, 3.05) is 11.5 Å². The van der Waals surface area contributed by atoms with Crippen LogP contribution in [-0.4, -0.2) is 46.6 Å². The quantitative estimate of drug-likeness (QED) is 0.654. The summed E-state index contributed by atoms with van der Waals surface area (Å²) >= 11 is 0. The number of rotatable bonds is 5. The number of aryl methyl sites for hydroxylation is 2. The molecule has 2 atom stereocenters. The number of pyridine rings is 1. The van der Waals surface area contributed by atoms with Gasteiger partial charge < -0.3 is 5.32 Å². The van der Waals surface area contributed by atoms with Crippen molar-refractivity contribution in [3.05, 3.63) is 47.2 Å². The standard InChI is InChI=1S/C23H28N4O3S/c1-5-15(3)24-23(28)19-12-20(17-8-6-14(2)7-9-17)25-22-21(19)16(4)26-27(22)18-10-11-31(29,30)13-18/h6-9,12,15,18H,5,10-11,13H2,1-4H3,(H,24,28). The van der Waals surface area contributed by atoms with Crippen LogP contribution in [0.15, 0.2) is 30.3 Å². The molecule has 164 valence electrons. The fraction of sp³-hybridized carbons (Fsp3) is 0.435. The van der Waals surface area contributed by atoms with Gasteiger partial charge in [-0.2, -0.15) is 5.10 Å². The smallest absolute Gasteiger partial charge is 0.252 e. The van der Waals surface area contributed by atoms with Crippen molar-refractivity contribution in [2.24, 2.45) is 0 Å². The van der Waals surface area contributed by atoms with Crippen LogP contribution in [0.5, 0.6) is 0 Å². The van der Waals surface area contributed by atoms with Gasteiger partial charge in [-0.1, -0.05) is 36.8 Å². The van der Waals surface area contributed by atoms with Gasteiger partial charge in [0.05, 0.1) is 39.9 Å². The van der Waals surface area contributed by atoms with E-state index in [9.17, 15) is 13.2 Å². The fourth-order valence-electron chi connectivity index (χ4n) is 3.99. The number of hydrogen-bond acceptors (Lipinski definition) is 5. The second kappa shape index (κ2) is 8.07. The van der Waals surface area contributed by atoms with Crippen molar-refractivity contribution in [1.29, 1.82) is 0 Å². The molecule has 4 rings (SSSR count). The number of nitrogens with zero attached hydrogens (tertiary/aromatic N) is 3. The van der Waals surface area contributed by atoms with E-state index in [0.29, 0.717) is 34.4 Å². The summed E-state index contributed by atoms with van der Waals surface area (Å²) in [5.74, 6) is 0.0299. The number of carbonyl (C=O) groups is 1. The minimum atomic E-state index is -3.08. The molecule has 3 heterocycles. The molecule has 1 fully saturated rings. The van der Waals surface area contributed by atoms with E-state index in [0.717, 1.165) is 17.5 Å². The first-order valence-corrected chi connectivity index (χ1v) is 12.5. The van der Waals surface area contributed by atoms with Crippen LogP contribution in [0.2, 0.25) is 0 Å². The summed E-state index contributed by atoms with van der Waals surface area (Å²) in [6.07, 6.45) is 1.33. The van der Waals surface area contributed by atoms with E-state index in [4.69, 9.17) is 4.98 Å². The maximum Gasteiger partial charge on any atom is 0.252 e. The number of fused-ring (bicyclic) bond motifs is 1. The van der Waals surface area contributed by atoms with Gasteiger partial charge in [0, 0.05) is 11.6 Å². The summed E-state index contributed by atoms with van der Waals surface area (Å²) in [5, 5.41) is 8.37. The summed E-state index contributed by atoms with van der Waals surface area (Å²) in [4.78, 5) is 18.0. The molecule has 1 saturated heterocycles. The maximum atomic E-state index is 13.2. The Hall–Kier alpha value is -2.74. The SMILES string of the molecule is CCC(C)NC(=O)c1cc(-c2ccc(C)cc2)nc2c1c(C)nn2C1CCS(=O)(=O)C1. The van der Waals surface area contributed by atoms with Gasteiger partial charge in [0.25, 0.3) is 5.91 Å². The normalized spacial score (nSPS) is 18.9. The zero-order valence-electron chi connectivity index (χ0n) is 18.3. The van der Waals surface area contributed by atoms with Gasteiger partial charge in [0.15, 0.2) is 15.5 Å². The number of carbonyl (C=O) groups excluding carboxylic acids is 1. The van der Waals surface area contributed by atoms with E-state index in [1.54, 1.807) is 4.68 Å². The lowest BCUT2D eigenvalue weighted by atomic mass is 10.0. The van der Waals surface area contributed by atoms with Crippen LogP contribution in [0.4, 0.5) is 0 Å². The molecule has 2 aromatic heterocycles. The van der Waals surface area contributed by atoms with Crippen molar-refractivity contribution in [1.82, 2.24) is 20.1 Å². The minimum absolute atomic E-state index is 0.0360. The Kier molecular flexibility index (Phi) is 5.60. The first kappa shape index (κ1) is 21.5. The summed E-state index contributed by atoms with van der Waals surface area (Å²) in [7, 11) is -3.08. The number of sulfone groups is 1. The summed E-state index contributed by atoms with van der Waals surface area (Å²) in [5.41, 5.74) is 4.46. The third-order valence-electron chi connectivity index (χ3n) is 5.97. The van der Waals surface area contributed by atoms with Crippen LogP contribution >= 0.6 is 0 Å². The zero-order valence-corrected chi connectivity index (χ0v) is 19.2. The van der Waals surface area contributed by atoms with Crippen molar-refractivity contribution < 1.29 is 13.2 Å². The van der Waals surface area contributed by atoms with Crippen LogP contribution in [-0.2, 0) is 9.84 Å². The van der Waals surface area contributed by atoms with Gasteiger partial charge in [-0.25, -0.2) is 18.1 Å². The highest BCUT2D eigenvalue weighted by Crippen LogP contribution is 2.32. The highest BCUT2D eigenvalue weighted by Gasteiger charge is 2.32. The Morgan fingerprint density at radius 1 is 1.26 bits per heavy atom. The molecule has 31 heavy (non-hydrogen) atoms. The minimum Gasteiger partial charge on any atom is -0.350 e. The van der Waals surface area contributed by atoms with E-state index in [-0.39, 0.29) is 29.5 Å². The monoisotopic (exact) mass is 440 g/mol. The van der Waals surface area contributed by atoms with Gasteiger partial charge in [-0.15, -0.1) is 0 Å². The average Bonchev–Trinajstić information content (AvgIpc) is 3.26. The Morgan fingerprint density at radius 2 is 1.97 bits per heavy atom. The van der Waals surface area contributed by atoms with Gasteiger partial charge in [-0.3, -0.25) is 4.79 Å². The highest BCUT2D eigenvalue weighted by atomic mass is 32.2. The van der Waals surface area contributed by atoms with Crippen LogP contribution in [0, 0.1) is 13.8 Å². The fourth-order valence-corrected chi connectivity index (χ4v) is 5.68. The summed E-state index contributed by atoms with van der Waals surface area (Å²) in [6, 6.07) is 9.55. The first-order valence-electron chi connectivity index (χ1n) is 10.7. The first-order chi connectivity index (χ1) is 14.7. The number of aromatic nitrogens is 3. The molecule has 0 radical (unpaired) electrons. The molecule has 2 unspecified atom stereocenters. The Labute approximate surface area is 182 Å².